The molecule has 1 radical (unpaired) electrons. The fourth-order valence-electron chi connectivity index (χ4n) is 3.23. The number of rotatable bonds is 12. The third kappa shape index (κ3) is 6.87. The Balaban J connectivity index is 1.71. The zero-order valence-corrected chi connectivity index (χ0v) is 15.7. The van der Waals surface area contributed by atoms with Crippen LogP contribution >= 0.6 is 0 Å². The first kappa shape index (κ1) is 19.5. The number of amides is 1. The van der Waals surface area contributed by atoms with Crippen molar-refractivity contribution < 1.29 is 4.79 Å². The number of hydrogen-bond donors (Lipinski definition) is 0. The van der Waals surface area contributed by atoms with Crippen molar-refractivity contribution in [2.24, 2.45) is 0 Å². The topological polar surface area (TPSA) is 23.6 Å². The van der Waals surface area contributed by atoms with E-state index in [2.05, 4.69) is 61.8 Å². The summed E-state index contributed by atoms with van der Waals surface area (Å²) in [6.07, 6.45) is 9.51. The van der Waals surface area contributed by atoms with E-state index in [0.717, 1.165) is 13.0 Å². The van der Waals surface area contributed by atoms with Crippen LogP contribution in [0.3, 0.4) is 0 Å². The molecule has 0 aliphatic heterocycles. The summed E-state index contributed by atoms with van der Waals surface area (Å²) in [4.78, 5) is 15.3. The van der Waals surface area contributed by atoms with E-state index in [1.165, 1.54) is 55.0 Å². The van der Waals surface area contributed by atoms with Gasteiger partial charge in [0.15, 0.2) is 0 Å². The predicted octanol–water partition coefficient (Wildman–Crippen LogP) is 4.61. The van der Waals surface area contributed by atoms with Crippen LogP contribution in [0.4, 0.5) is 0 Å². The maximum absolute atomic E-state index is 11.3. The van der Waals surface area contributed by atoms with Gasteiger partial charge >= 0.3 is 6.41 Å². The average Bonchev–Trinajstić information content (AvgIpc) is 2.62. The normalized spacial score (nSPS) is 11.2. The third-order valence-corrected chi connectivity index (χ3v) is 4.65. The predicted molar refractivity (Wildman–Crippen MR) is 106 cm³/mol. The molecule has 135 valence electrons. The first-order chi connectivity index (χ1) is 12.2. The number of fused-ring (bicyclic) bond motifs is 1. The van der Waals surface area contributed by atoms with Crippen LogP contribution in [0.5, 0.6) is 0 Å². The van der Waals surface area contributed by atoms with Crippen molar-refractivity contribution >= 4 is 17.2 Å². The Morgan fingerprint density at radius 2 is 1.44 bits per heavy atom. The smallest absolute Gasteiger partial charge is 0.312 e. The summed E-state index contributed by atoms with van der Waals surface area (Å²) in [7, 11) is 4.25. The van der Waals surface area contributed by atoms with Crippen molar-refractivity contribution in [1.82, 2.24) is 9.80 Å². The minimum absolute atomic E-state index is 0.647. The molecular formula is C22H31N2O. The highest BCUT2D eigenvalue weighted by molar-refractivity contribution is 5.85. The third-order valence-electron chi connectivity index (χ3n) is 4.65. The van der Waals surface area contributed by atoms with E-state index in [9.17, 15) is 4.79 Å². The summed E-state index contributed by atoms with van der Waals surface area (Å²) in [5.41, 5.74) is 1.20. The first-order valence-corrected chi connectivity index (χ1v) is 9.45. The minimum atomic E-state index is 0.647. The summed E-state index contributed by atoms with van der Waals surface area (Å²) in [5, 5.41) is 2.45. The molecular weight excluding hydrogens is 308 g/mol. The van der Waals surface area contributed by atoms with Gasteiger partial charge in [0, 0.05) is 13.1 Å². The number of unbranched alkanes of at least 4 members (excludes halogenated alkanes) is 5. The quantitative estimate of drug-likeness (QED) is 0.416. The second-order valence-corrected chi connectivity index (χ2v) is 7.08. The molecule has 0 N–H and O–H groups in total. The summed E-state index contributed by atoms with van der Waals surface area (Å²) in [6, 6.07) is 14.6. The van der Waals surface area contributed by atoms with Gasteiger partial charge in [-0.2, -0.15) is 0 Å². The minimum Gasteiger partial charge on any atom is -0.330 e. The highest BCUT2D eigenvalue weighted by Crippen LogP contribution is 2.20. The lowest BCUT2D eigenvalue weighted by molar-refractivity contribution is 0.360. The van der Waals surface area contributed by atoms with Crippen molar-refractivity contribution in [3.05, 3.63) is 48.0 Å². The Labute approximate surface area is 152 Å². The van der Waals surface area contributed by atoms with Gasteiger partial charge in [-0.25, -0.2) is 0 Å². The number of benzene rings is 2. The SMILES string of the molecule is CN(C)CCCCCCCCN([C]=O)Cc1cccc2ccccc12. The largest absolute Gasteiger partial charge is 0.330 e. The molecule has 0 unspecified atom stereocenters. The molecule has 0 aromatic heterocycles. The molecule has 1 amide bonds. The first-order valence-electron chi connectivity index (χ1n) is 9.45. The van der Waals surface area contributed by atoms with E-state index < -0.39 is 0 Å². The lowest BCUT2D eigenvalue weighted by Crippen LogP contribution is -2.22. The Bertz CT molecular complexity index is 633. The molecule has 0 saturated carbocycles. The average molecular weight is 340 g/mol. The second-order valence-electron chi connectivity index (χ2n) is 7.08. The van der Waals surface area contributed by atoms with Crippen LogP contribution < -0.4 is 0 Å². The fourth-order valence-corrected chi connectivity index (χ4v) is 3.23. The van der Waals surface area contributed by atoms with Crippen molar-refractivity contribution in [2.45, 2.75) is 45.1 Å². The fraction of sp³-hybridized carbons (Fsp3) is 0.500. The molecule has 2 aromatic rings. The zero-order chi connectivity index (χ0) is 17.9. The van der Waals surface area contributed by atoms with Gasteiger partial charge in [0.2, 0.25) is 0 Å². The molecule has 2 aromatic carbocycles. The molecule has 0 heterocycles. The standard InChI is InChI=1S/C22H31N2O/c1-23(2)16-9-5-3-4-6-10-17-24(19-25)18-21-14-11-13-20-12-7-8-15-22(20)21/h7-8,11-15H,3-6,9-10,16-18H2,1-2H3. The van der Waals surface area contributed by atoms with Gasteiger partial charge < -0.3 is 9.80 Å². The Morgan fingerprint density at radius 1 is 0.800 bits per heavy atom. The van der Waals surface area contributed by atoms with E-state index in [1.54, 1.807) is 4.90 Å². The van der Waals surface area contributed by atoms with Crippen molar-refractivity contribution in [1.29, 1.82) is 0 Å². The van der Waals surface area contributed by atoms with Gasteiger partial charge in [-0.05, 0) is 49.8 Å². The van der Waals surface area contributed by atoms with Crippen LogP contribution in [0.25, 0.3) is 10.8 Å². The van der Waals surface area contributed by atoms with Gasteiger partial charge in [0.05, 0.1) is 0 Å². The van der Waals surface area contributed by atoms with E-state index in [0.29, 0.717) is 6.54 Å². The van der Waals surface area contributed by atoms with Crippen LogP contribution in [-0.2, 0) is 11.3 Å². The lowest BCUT2D eigenvalue weighted by atomic mass is 10.0. The van der Waals surface area contributed by atoms with Crippen LogP contribution in [-0.4, -0.2) is 43.4 Å². The van der Waals surface area contributed by atoms with Gasteiger partial charge in [-0.15, -0.1) is 0 Å². The molecule has 3 nitrogen and oxygen atoms in total. The Morgan fingerprint density at radius 3 is 2.16 bits per heavy atom. The maximum atomic E-state index is 11.3. The van der Waals surface area contributed by atoms with Crippen molar-refractivity contribution in [2.75, 3.05) is 27.2 Å². The molecule has 0 fully saturated rings. The van der Waals surface area contributed by atoms with E-state index >= 15 is 0 Å². The zero-order valence-electron chi connectivity index (χ0n) is 15.7. The maximum Gasteiger partial charge on any atom is 0.312 e. The van der Waals surface area contributed by atoms with Gasteiger partial charge in [0.25, 0.3) is 0 Å². The monoisotopic (exact) mass is 339 g/mol. The molecule has 0 saturated heterocycles. The Kier molecular flexibility index (Phi) is 8.47. The van der Waals surface area contributed by atoms with Crippen molar-refractivity contribution in [3.8, 4) is 0 Å². The molecule has 0 aliphatic carbocycles. The number of hydrogen-bond acceptors (Lipinski definition) is 2. The van der Waals surface area contributed by atoms with Crippen molar-refractivity contribution in [3.63, 3.8) is 0 Å². The summed E-state index contributed by atoms with van der Waals surface area (Å²) >= 11 is 0. The molecule has 2 rings (SSSR count). The van der Waals surface area contributed by atoms with Crippen LogP contribution in [0.2, 0.25) is 0 Å². The van der Waals surface area contributed by atoms with Crippen LogP contribution in [0, 0.1) is 0 Å². The summed E-state index contributed by atoms with van der Waals surface area (Å²) in [6.45, 7) is 2.62. The lowest BCUT2D eigenvalue weighted by Gasteiger charge is -2.17. The van der Waals surface area contributed by atoms with Gasteiger partial charge in [-0.3, -0.25) is 4.79 Å². The number of carbonyl (C=O) groups excluding carboxylic acids is 1. The summed E-state index contributed by atoms with van der Waals surface area (Å²) in [5.74, 6) is 0. The summed E-state index contributed by atoms with van der Waals surface area (Å²) < 4.78 is 0. The second kappa shape index (κ2) is 10.9. The molecule has 3 heteroatoms. The Hall–Kier alpha value is -1.87. The van der Waals surface area contributed by atoms with E-state index in [-0.39, 0.29) is 0 Å². The molecule has 0 aliphatic rings. The molecule has 0 bridgehead atoms. The van der Waals surface area contributed by atoms with E-state index in [4.69, 9.17) is 0 Å². The molecule has 0 atom stereocenters. The highest BCUT2D eigenvalue weighted by Gasteiger charge is 2.07. The molecule has 25 heavy (non-hydrogen) atoms. The van der Waals surface area contributed by atoms with Gasteiger partial charge in [-0.1, -0.05) is 68.1 Å². The molecule has 0 spiro atoms. The van der Waals surface area contributed by atoms with E-state index in [1.807, 2.05) is 6.07 Å². The van der Waals surface area contributed by atoms with Gasteiger partial charge in [0.1, 0.15) is 0 Å². The number of nitrogens with zero attached hydrogens (tertiary/aromatic N) is 2. The highest BCUT2D eigenvalue weighted by atomic mass is 16.1. The van der Waals surface area contributed by atoms with Crippen LogP contribution in [0.1, 0.15) is 44.1 Å². The van der Waals surface area contributed by atoms with Crippen LogP contribution in [0.15, 0.2) is 42.5 Å².